The highest BCUT2D eigenvalue weighted by molar-refractivity contribution is 9.10. The molecule has 2 aromatic carbocycles. The molecule has 0 aliphatic rings. The Morgan fingerprint density at radius 3 is 2.46 bits per heavy atom. The number of benzene rings is 2. The van der Waals surface area contributed by atoms with Gasteiger partial charge in [-0.2, -0.15) is 0 Å². The Labute approximate surface area is 147 Å². The molecule has 5 nitrogen and oxygen atoms in total. The van der Waals surface area contributed by atoms with E-state index in [4.69, 9.17) is 4.42 Å². The molecule has 122 valence electrons. The maximum atomic E-state index is 12.9. The Morgan fingerprint density at radius 2 is 1.75 bits per heavy atom. The molecular weight excluding hydrogens is 372 g/mol. The van der Waals surface area contributed by atoms with Crippen LogP contribution in [0.3, 0.4) is 0 Å². The number of anilines is 2. The molecule has 0 saturated heterocycles. The monoisotopic (exact) mass is 386 g/mol. The molecule has 0 spiro atoms. The van der Waals surface area contributed by atoms with Gasteiger partial charge in [0.2, 0.25) is 11.7 Å². The SMILES string of the molecule is CC(=O)Nc1c(C(=O)N(C)c2ccccc2Br)oc2ccccc12. The number of nitrogens with zero attached hydrogens (tertiary/aromatic N) is 1. The highest BCUT2D eigenvalue weighted by Gasteiger charge is 2.25. The molecule has 0 aliphatic heterocycles. The van der Waals surface area contributed by atoms with E-state index < -0.39 is 0 Å². The summed E-state index contributed by atoms with van der Waals surface area (Å²) in [6.45, 7) is 1.40. The Kier molecular flexibility index (Phi) is 4.40. The van der Waals surface area contributed by atoms with E-state index in [1.165, 1.54) is 11.8 Å². The molecule has 0 unspecified atom stereocenters. The third-order valence-electron chi connectivity index (χ3n) is 3.61. The average molecular weight is 387 g/mol. The summed E-state index contributed by atoms with van der Waals surface area (Å²) in [4.78, 5) is 25.9. The van der Waals surface area contributed by atoms with Crippen molar-refractivity contribution >= 4 is 50.1 Å². The minimum Gasteiger partial charge on any atom is -0.449 e. The number of hydrogen-bond acceptors (Lipinski definition) is 3. The second kappa shape index (κ2) is 6.49. The van der Waals surface area contributed by atoms with Gasteiger partial charge < -0.3 is 14.6 Å². The quantitative estimate of drug-likeness (QED) is 0.723. The van der Waals surface area contributed by atoms with Crippen LogP contribution in [0.15, 0.2) is 57.4 Å². The highest BCUT2D eigenvalue weighted by atomic mass is 79.9. The maximum Gasteiger partial charge on any atom is 0.296 e. The summed E-state index contributed by atoms with van der Waals surface area (Å²) >= 11 is 3.44. The van der Waals surface area contributed by atoms with Gasteiger partial charge in [-0.1, -0.05) is 24.3 Å². The van der Waals surface area contributed by atoms with Crippen LogP contribution in [-0.4, -0.2) is 18.9 Å². The largest absolute Gasteiger partial charge is 0.449 e. The van der Waals surface area contributed by atoms with Gasteiger partial charge in [0.15, 0.2) is 0 Å². The number of carbonyl (C=O) groups excluding carboxylic acids is 2. The van der Waals surface area contributed by atoms with Gasteiger partial charge >= 0.3 is 0 Å². The van der Waals surface area contributed by atoms with Gasteiger partial charge in [-0.25, -0.2) is 0 Å². The minimum absolute atomic E-state index is 0.102. The number of halogens is 1. The molecule has 0 bridgehead atoms. The van der Waals surface area contributed by atoms with E-state index in [9.17, 15) is 9.59 Å². The Balaban J connectivity index is 2.09. The first-order valence-electron chi connectivity index (χ1n) is 7.30. The summed E-state index contributed by atoms with van der Waals surface area (Å²) in [6, 6.07) is 14.6. The van der Waals surface area contributed by atoms with Gasteiger partial charge in [0.1, 0.15) is 11.3 Å². The molecule has 3 aromatic rings. The number of amides is 2. The second-order valence-corrected chi connectivity index (χ2v) is 6.15. The van der Waals surface area contributed by atoms with Crippen LogP contribution < -0.4 is 10.2 Å². The molecular formula is C18H15BrN2O3. The second-order valence-electron chi connectivity index (χ2n) is 5.30. The zero-order chi connectivity index (χ0) is 17.3. The number of hydrogen-bond donors (Lipinski definition) is 1. The van der Waals surface area contributed by atoms with Crippen LogP contribution in [0.5, 0.6) is 0 Å². The van der Waals surface area contributed by atoms with E-state index in [1.54, 1.807) is 19.2 Å². The van der Waals surface area contributed by atoms with E-state index in [0.29, 0.717) is 22.3 Å². The fourth-order valence-corrected chi connectivity index (χ4v) is 3.03. The van der Waals surface area contributed by atoms with Crippen molar-refractivity contribution in [1.29, 1.82) is 0 Å². The molecule has 0 fully saturated rings. The summed E-state index contributed by atoms with van der Waals surface area (Å²) in [5.41, 5.74) is 1.64. The lowest BCUT2D eigenvalue weighted by molar-refractivity contribution is -0.114. The van der Waals surface area contributed by atoms with Gasteiger partial charge in [-0.05, 0) is 40.2 Å². The van der Waals surface area contributed by atoms with Crippen LogP contribution in [0.4, 0.5) is 11.4 Å². The predicted molar refractivity (Wildman–Crippen MR) is 97.4 cm³/mol. The molecule has 3 rings (SSSR count). The number of rotatable bonds is 3. The topological polar surface area (TPSA) is 62.6 Å². The number of carbonyl (C=O) groups is 2. The normalized spacial score (nSPS) is 10.6. The molecule has 0 radical (unpaired) electrons. The number of furan rings is 1. The van der Waals surface area contributed by atoms with Crippen molar-refractivity contribution in [3.63, 3.8) is 0 Å². The van der Waals surface area contributed by atoms with E-state index >= 15 is 0 Å². The van der Waals surface area contributed by atoms with Gasteiger partial charge in [0.25, 0.3) is 5.91 Å². The molecule has 0 saturated carbocycles. The first-order chi connectivity index (χ1) is 11.5. The van der Waals surface area contributed by atoms with Crippen LogP contribution in [0.25, 0.3) is 11.0 Å². The third kappa shape index (κ3) is 2.92. The summed E-state index contributed by atoms with van der Waals surface area (Å²) in [6.07, 6.45) is 0. The van der Waals surface area contributed by atoms with Crippen LogP contribution in [0.2, 0.25) is 0 Å². The van der Waals surface area contributed by atoms with E-state index in [2.05, 4.69) is 21.2 Å². The molecule has 0 atom stereocenters. The van der Waals surface area contributed by atoms with Crippen molar-refractivity contribution in [2.24, 2.45) is 0 Å². The standard InChI is InChI=1S/C18H15BrN2O3/c1-11(22)20-16-12-7-3-6-10-15(12)24-17(16)18(23)21(2)14-9-5-4-8-13(14)19/h3-10H,1-2H3,(H,20,22). The molecule has 24 heavy (non-hydrogen) atoms. The van der Waals surface area contributed by atoms with Crippen molar-refractivity contribution in [2.75, 3.05) is 17.3 Å². The molecule has 1 heterocycles. The average Bonchev–Trinajstić information content (AvgIpc) is 2.92. The zero-order valence-corrected chi connectivity index (χ0v) is 14.8. The van der Waals surface area contributed by atoms with Crippen LogP contribution in [0.1, 0.15) is 17.5 Å². The van der Waals surface area contributed by atoms with Crippen molar-refractivity contribution in [3.05, 3.63) is 58.8 Å². The fraction of sp³-hybridized carbons (Fsp3) is 0.111. The Morgan fingerprint density at radius 1 is 1.08 bits per heavy atom. The maximum absolute atomic E-state index is 12.9. The molecule has 0 aliphatic carbocycles. The minimum atomic E-state index is -0.346. The number of fused-ring (bicyclic) bond motifs is 1. The summed E-state index contributed by atoms with van der Waals surface area (Å²) in [7, 11) is 1.66. The highest BCUT2D eigenvalue weighted by Crippen LogP contribution is 2.33. The lowest BCUT2D eigenvalue weighted by atomic mass is 10.2. The lowest BCUT2D eigenvalue weighted by Crippen LogP contribution is -2.27. The molecule has 1 aromatic heterocycles. The Bertz CT molecular complexity index is 933. The van der Waals surface area contributed by atoms with Gasteiger partial charge in [0.05, 0.1) is 5.69 Å². The number of nitrogens with one attached hydrogen (secondary N) is 1. The molecule has 1 N–H and O–H groups in total. The van der Waals surface area contributed by atoms with E-state index in [1.807, 2.05) is 36.4 Å². The van der Waals surface area contributed by atoms with E-state index in [0.717, 1.165) is 4.47 Å². The summed E-state index contributed by atoms with van der Waals surface area (Å²) in [5.74, 6) is -0.509. The van der Waals surface area contributed by atoms with E-state index in [-0.39, 0.29) is 17.6 Å². The smallest absolute Gasteiger partial charge is 0.296 e. The first-order valence-corrected chi connectivity index (χ1v) is 8.10. The van der Waals surface area contributed by atoms with Crippen molar-refractivity contribution < 1.29 is 14.0 Å². The summed E-state index contributed by atoms with van der Waals surface area (Å²) < 4.78 is 6.51. The van der Waals surface area contributed by atoms with Gasteiger partial charge in [0, 0.05) is 23.8 Å². The van der Waals surface area contributed by atoms with Crippen molar-refractivity contribution in [2.45, 2.75) is 6.92 Å². The molecule has 6 heteroatoms. The van der Waals surface area contributed by atoms with Crippen molar-refractivity contribution in [1.82, 2.24) is 0 Å². The summed E-state index contributed by atoms with van der Waals surface area (Å²) in [5, 5.41) is 3.40. The zero-order valence-electron chi connectivity index (χ0n) is 13.2. The number of para-hydroxylation sites is 2. The van der Waals surface area contributed by atoms with Crippen molar-refractivity contribution in [3.8, 4) is 0 Å². The fourth-order valence-electron chi connectivity index (χ4n) is 2.48. The third-order valence-corrected chi connectivity index (χ3v) is 4.28. The van der Waals surface area contributed by atoms with Gasteiger partial charge in [-0.15, -0.1) is 0 Å². The van der Waals surface area contributed by atoms with Crippen LogP contribution in [-0.2, 0) is 4.79 Å². The van der Waals surface area contributed by atoms with Gasteiger partial charge in [-0.3, -0.25) is 9.59 Å². The predicted octanol–water partition coefficient (Wildman–Crippen LogP) is 4.43. The lowest BCUT2D eigenvalue weighted by Gasteiger charge is -2.18. The Hall–Kier alpha value is -2.60. The van der Waals surface area contributed by atoms with Crippen LogP contribution in [0, 0.1) is 0 Å². The van der Waals surface area contributed by atoms with Crippen LogP contribution >= 0.6 is 15.9 Å². The first kappa shape index (κ1) is 16.3. The molecule has 2 amide bonds.